The monoisotopic (exact) mass is 199 g/mol. The minimum Gasteiger partial charge on any atom is -0.493 e. The van der Waals surface area contributed by atoms with Gasteiger partial charge in [-0.25, -0.2) is 15.0 Å². The number of aromatic nitrogens is 3. The van der Waals surface area contributed by atoms with E-state index in [0.29, 0.717) is 5.82 Å². The lowest BCUT2D eigenvalue weighted by molar-refractivity contribution is 0.357. The fraction of sp³-hybridized carbons (Fsp3) is 0.182. The van der Waals surface area contributed by atoms with Crippen molar-refractivity contribution in [1.29, 1.82) is 0 Å². The summed E-state index contributed by atoms with van der Waals surface area (Å²) in [6.07, 6.45) is 3.95. The third kappa shape index (κ3) is 1.34. The van der Waals surface area contributed by atoms with E-state index in [-0.39, 0.29) is 0 Å². The van der Waals surface area contributed by atoms with Gasteiger partial charge in [-0.2, -0.15) is 0 Å². The van der Waals surface area contributed by atoms with Crippen LogP contribution in [0.25, 0.3) is 11.4 Å². The predicted octanol–water partition coefficient (Wildman–Crippen LogP) is 1.47. The fourth-order valence-corrected chi connectivity index (χ4v) is 1.81. The van der Waals surface area contributed by atoms with Crippen LogP contribution in [0.2, 0.25) is 0 Å². The standard InChI is InChI=1S/C11H9N3O/c1-2-9(11-13-6-12-7-14-11)8-4-5-15-10(8)3-1/h1-3,6-7H,4-5H2. The van der Waals surface area contributed by atoms with Crippen molar-refractivity contribution in [2.24, 2.45) is 0 Å². The Bertz CT molecular complexity index is 484. The molecule has 0 atom stereocenters. The van der Waals surface area contributed by atoms with E-state index in [2.05, 4.69) is 15.0 Å². The summed E-state index contributed by atoms with van der Waals surface area (Å²) in [6.45, 7) is 0.747. The second-order valence-corrected chi connectivity index (χ2v) is 3.34. The predicted molar refractivity (Wildman–Crippen MR) is 54.5 cm³/mol. The lowest BCUT2D eigenvalue weighted by Gasteiger charge is -2.04. The summed E-state index contributed by atoms with van der Waals surface area (Å²) >= 11 is 0. The second-order valence-electron chi connectivity index (χ2n) is 3.34. The van der Waals surface area contributed by atoms with Crippen LogP contribution in [0.1, 0.15) is 5.56 Å². The summed E-state index contributed by atoms with van der Waals surface area (Å²) < 4.78 is 5.49. The van der Waals surface area contributed by atoms with Gasteiger partial charge in [0, 0.05) is 17.5 Å². The average Bonchev–Trinajstić information content (AvgIpc) is 2.78. The highest BCUT2D eigenvalue weighted by atomic mass is 16.5. The number of fused-ring (bicyclic) bond motifs is 1. The number of rotatable bonds is 1. The maximum atomic E-state index is 5.49. The molecule has 1 aliphatic heterocycles. The summed E-state index contributed by atoms with van der Waals surface area (Å²) in [7, 11) is 0. The SMILES string of the molecule is c1cc2c(c(-c3ncncn3)c1)CCO2. The molecule has 0 fully saturated rings. The Hall–Kier alpha value is -1.97. The van der Waals surface area contributed by atoms with Crippen LogP contribution < -0.4 is 4.74 Å². The lowest BCUT2D eigenvalue weighted by atomic mass is 10.0. The van der Waals surface area contributed by atoms with Crippen LogP contribution in [0.5, 0.6) is 5.75 Å². The van der Waals surface area contributed by atoms with Crippen LogP contribution in [0.4, 0.5) is 0 Å². The highest BCUT2D eigenvalue weighted by molar-refractivity contribution is 5.64. The summed E-state index contributed by atoms with van der Waals surface area (Å²) in [4.78, 5) is 12.1. The van der Waals surface area contributed by atoms with Crippen molar-refractivity contribution in [3.05, 3.63) is 36.4 Å². The first kappa shape index (κ1) is 8.35. The van der Waals surface area contributed by atoms with Crippen molar-refractivity contribution >= 4 is 0 Å². The molecule has 74 valence electrons. The molecule has 1 aliphatic rings. The van der Waals surface area contributed by atoms with Gasteiger partial charge in [-0.05, 0) is 6.07 Å². The molecule has 3 rings (SSSR count). The molecule has 0 spiro atoms. The quantitative estimate of drug-likeness (QED) is 0.697. The molecule has 2 heterocycles. The summed E-state index contributed by atoms with van der Waals surface area (Å²) in [5.41, 5.74) is 2.25. The molecule has 1 aromatic heterocycles. The Balaban J connectivity index is 2.17. The van der Waals surface area contributed by atoms with Gasteiger partial charge in [-0.15, -0.1) is 0 Å². The van der Waals surface area contributed by atoms with E-state index in [9.17, 15) is 0 Å². The summed E-state index contributed by atoms with van der Waals surface area (Å²) in [5, 5.41) is 0. The van der Waals surface area contributed by atoms with Crippen LogP contribution in [-0.2, 0) is 6.42 Å². The Labute approximate surface area is 87.0 Å². The van der Waals surface area contributed by atoms with E-state index in [0.717, 1.165) is 24.3 Å². The number of ether oxygens (including phenoxy) is 1. The highest BCUT2D eigenvalue weighted by Gasteiger charge is 2.17. The molecule has 0 radical (unpaired) electrons. The molecule has 2 aromatic rings. The zero-order valence-electron chi connectivity index (χ0n) is 8.05. The van der Waals surface area contributed by atoms with Gasteiger partial charge in [0.25, 0.3) is 0 Å². The van der Waals surface area contributed by atoms with Crippen molar-refractivity contribution in [2.45, 2.75) is 6.42 Å². The number of nitrogens with zero attached hydrogens (tertiary/aromatic N) is 3. The van der Waals surface area contributed by atoms with E-state index < -0.39 is 0 Å². The average molecular weight is 199 g/mol. The number of hydrogen-bond donors (Lipinski definition) is 0. The molecule has 0 N–H and O–H groups in total. The first-order valence-corrected chi connectivity index (χ1v) is 4.82. The first-order chi connectivity index (χ1) is 7.45. The van der Waals surface area contributed by atoms with Crippen LogP contribution in [-0.4, -0.2) is 21.6 Å². The van der Waals surface area contributed by atoms with Gasteiger partial charge in [-0.1, -0.05) is 12.1 Å². The lowest BCUT2D eigenvalue weighted by Crippen LogP contribution is -1.92. The second kappa shape index (κ2) is 3.31. The molecular weight excluding hydrogens is 190 g/mol. The van der Waals surface area contributed by atoms with Gasteiger partial charge in [0.1, 0.15) is 18.4 Å². The molecule has 0 unspecified atom stereocenters. The van der Waals surface area contributed by atoms with Gasteiger partial charge in [0.05, 0.1) is 6.61 Å². The van der Waals surface area contributed by atoms with Crippen molar-refractivity contribution in [3.8, 4) is 17.1 Å². The van der Waals surface area contributed by atoms with Gasteiger partial charge >= 0.3 is 0 Å². The summed E-state index contributed by atoms with van der Waals surface area (Å²) in [6, 6.07) is 5.96. The molecule has 1 aromatic carbocycles. The molecule has 4 heteroatoms. The fourth-order valence-electron chi connectivity index (χ4n) is 1.81. The van der Waals surface area contributed by atoms with Crippen LogP contribution >= 0.6 is 0 Å². The van der Waals surface area contributed by atoms with Crippen molar-refractivity contribution in [3.63, 3.8) is 0 Å². The van der Waals surface area contributed by atoms with E-state index in [1.807, 2.05) is 18.2 Å². The van der Waals surface area contributed by atoms with Crippen molar-refractivity contribution < 1.29 is 4.74 Å². The third-order valence-corrected chi connectivity index (χ3v) is 2.48. The normalized spacial score (nSPS) is 13.3. The summed E-state index contributed by atoms with van der Waals surface area (Å²) in [5.74, 6) is 1.67. The molecular formula is C11H9N3O. The Morgan fingerprint density at radius 2 is 2.00 bits per heavy atom. The number of benzene rings is 1. The zero-order valence-corrected chi connectivity index (χ0v) is 8.05. The van der Waals surface area contributed by atoms with Crippen LogP contribution in [0.3, 0.4) is 0 Å². The smallest absolute Gasteiger partial charge is 0.163 e. The Kier molecular flexibility index (Phi) is 1.84. The van der Waals surface area contributed by atoms with E-state index in [1.54, 1.807) is 0 Å². The molecule has 0 bridgehead atoms. The zero-order chi connectivity index (χ0) is 10.1. The van der Waals surface area contributed by atoms with Gasteiger partial charge in [0.2, 0.25) is 0 Å². The minimum atomic E-state index is 0.715. The van der Waals surface area contributed by atoms with E-state index in [1.165, 1.54) is 18.2 Å². The van der Waals surface area contributed by atoms with E-state index in [4.69, 9.17) is 4.74 Å². The Morgan fingerprint density at radius 3 is 2.87 bits per heavy atom. The van der Waals surface area contributed by atoms with Crippen LogP contribution in [0, 0.1) is 0 Å². The maximum absolute atomic E-state index is 5.49. The third-order valence-electron chi connectivity index (χ3n) is 2.48. The van der Waals surface area contributed by atoms with Crippen molar-refractivity contribution in [2.75, 3.05) is 6.61 Å². The van der Waals surface area contributed by atoms with Crippen molar-refractivity contribution in [1.82, 2.24) is 15.0 Å². The molecule has 4 nitrogen and oxygen atoms in total. The minimum absolute atomic E-state index is 0.715. The topological polar surface area (TPSA) is 47.9 Å². The van der Waals surface area contributed by atoms with Gasteiger partial charge < -0.3 is 4.74 Å². The molecule has 0 saturated carbocycles. The maximum Gasteiger partial charge on any atom is 0.163 e. The largest absolute Gasteiger partial charge is 0.493 e. The molecule has 15 heavy (non-hydrogen) atoms. The van der Waals surface area contributed by atoms with Gasteiger partial charge in [0.15, 0.2) is 5.82 Å². The van der Waals surface area contributed by atoms with Gasteiger partial charge in [-0.3, -0.25) is 0 Å². The molecule has 0 aliphatic carbocycles. The highest BCUT2D eigenvalue weighted by Crippen LogP contribution is 2.32. The van der Waals surface area contributed by atoms with Crippen LogP contribution in [0.15, 0.2) is 30.9 Å². The van der Waals surface area contributed by atoms with E-state index >= 15 is 0 Å². The Morgan fingerprint density at radius 1 is 1.13 bits per heavy atom. The molecule has 0 amide bonds. The molecule has 0 saturated heterocycles. The first-order valence-electron chi connectivity index (χ1n) is 4.82. The number of hydrogen-bond acceptors (Lipinski definition) is 4.